The number of rotatable bonds is 13. The van der Waals surface area contributed by atoms with Crippen molar-refractivity contribution in [3.05, 3.63) is 51.9 Å². The molecule has 4 nitrogen and oxygen atoms in total. The molecule has 3 rings (SSSR count). The van der Waals surface area contributed by atoms with Crippen LogP contribution in [0.1, 0.15) is 92.7 Å². The number of amides is 1. The number of unbranched alkanes of at least 4 members (excludes halogenated alkanes) is 8. The van der Waals surface area contributed by atoms with Crippen molar-refractivity contribution in [3.63, 3.8) is 0 Å². The van der Waals surface area contributed by atoms with Crippen LogP contribution in [-0.4, -0.2) is 17.4 Å². The van der Waals surface area contributed by atoms with Crippen LogP contribution < -0.4 is 5.32 Å². The number of thiophene rings is 1. The number of hydrogen-bond donors (Lipinski definition) is 1. The Hall–Kier alpha value is -2.16. The van der Waals surface area contributed by atoms with Crippen LogP contribution in [0.15, 0.2) is 30.3 Å². The highest BCUT2D eigenvalue weighted by atomic mass is 32.1. The first-order chi connectivity index (χ1) is 15.7. The van der Waals surface area contributed by atoms with E-state index in [9.17, 15) is 10.1 Å². The fraction of sp³-hybridized carbons (Fsp3) is 0.556. The number of benzene rings is 1. The van der Waals surface area contributed by atoms with Gasteiger partial charge in [0.25, 0.3) is 0 Å². The average Bonchev–Trinajstić information content (AvgIpc) is 3.14. The molecule has 1 aromatic carbocycles. The maximum atomic E-state index is 12.5. The summed E-state index contributed by atoms with van der Waals surface area (Å²) in [4.78, 5) is 16.1. The minimum absolute atomic E-state index is 0.0455. The second kappa shape index (κ2) is 13.4. The van der Waals surface area contributed by atoms with E-state index < -0.39 is 0 Å². The third kappa shape index (κ3) is 7.46. The molecule has 32 heavy (non-hydrogen) atoms. The molecule has 0 atom stereocenters. The molecule has 1 N–H and O–H groups in total. The second-order valence-electron chi connectivity index (χ2n) is 8.89. The topological polar surface area (TPSA) is 56.1 Å². The third-order valence-electron chi connectivity index (χ3n) is 6.26. The lowest BCUT2D eigenvalue weighted by Crippen LogP contribution is -2.29. The van der Waals surface area contributed by atoms with E-state index in [-0.39, 0.29) is 5.91 Å². The molecule has 2 heterocycles. The lowest BCUT2D eigenvalue weighted by Gasteiger charge is -2.26. The maximum Gasteiger partial charge on any atom is 0.225 e. The van der Waals surface area contributed by atoms with Crippen molar-refractivity contribution in [2.75, 3.05) is 11.9 Å². The number of carbonyl (C=O) groups is 1. The maximum absolute atomic E-state index is 12.5. The second-order valence-corrected chi connectivity index (χ2v) is 10.00. The van der Waals surface area contributed by atoms with E-state index in [1.54, 1.807) is 11.3 Å². The van der Waals surface area contributed by atoms with Gasteiger partial charge in [-0.1, -0.05) is 88.6 Å². The molecule has 5 heteroatoms. The molecule has 2 aromatic rings. The van der Waals surface area contributed by atoms with Crippen LogP contribution in [0.5, 0.6) is 0 Å². The van der Waals surface area contributed by atoms with Crippen molar-refractivity contribution < 1.29 is 4.79 Å². The van der Waals surface area contributed by atoms with Crippen molar-refractivity contribution in [1.82, 2.24) is 4.90 Å². The van der Waals surface area contributed by atoms with E-state index in [2.05, 4.69) is 47.5 Å². The Morgan fingerprint density at radius 2 is 1.75 bits per heavy atom. The lowest BCUT2D eigenvalue weighted by molar-refractivity contribution is -0.116. The number of anilines is 1. The normalized spacial score (nSPS) is 13.5. The van der Waals surface area contributed by atoms with Crippen LogP contribution in [0.25, 0.3) is 0 Å². The van der Waals surface area contributed by atoms with Gasteiger partial charge in [-0.2, -0.15) is 5.26 Å². The van der Waals surface area contributed by atoms with E-state index in [4.69, 9.17) is 0 Å². The first kappa shape index (κ1) is 24.5. The average molecular weight is 452 g/mol. The van der Waals surface area contributed by atoms with Gasteiger partial charge in [-0.25, -0.2) is 0 Å². The summed E-state index contributed by atoms with van der Waals surface area (Å²) >= 11 is 1.59. The first-order valence-corrected chi connectivity index (χ1v) is 13.1. The van der Waals surface area contributed by atoms with Crippen LogP contribution in [0.4, 0.5) is 5.00 Å². The number of fused-ring (bicyclic) bond motifs is 1. The van der Waals surface area contributed by atoms with E-state index in [1.807, 2.05) is 6.07 Å². The molecule has 0 saturated carbocycles. The molecular weight excluding hydrogens is 414 g/mol. The molecule has 0 radical (unpaired) electrons. The fourth-order valence-electron chi connectivity index (χ4n) is 4.42. The molecule has 1 amide bonds. The molecule has 1 aromatic heterocycles. The highest BCUT2D eigenvalue weighted by Crippen LogP contribution is 2.37. The molecule has 0 aliphatic carbocycles. The Bertz CT molecular complexity index is 884. The molecule has 0 spiro atoms. The first-order valence-electron chi connectivity index (χ1n) is 12.3. The third-order valence-corrected chi connectivity index (χ3v) is 7.39. The summed E-state index contributed by atoms with van der Waals surface area (Å²) < 4.78 is 0. The van der Waals surface area contributed by atoms with Gasteiger partial charge in [0.05, 0.1) is 5.56 Å². The molecule has 0 fully saturated rings. The van der Waals surface area contributed by atoms with E-state index in [0.717, 1.165) is 49.5 Å². The highest BCUT2D eigenvalue weighted by molar-refractivity contribution is 7.16. The van der Waals surface area contributed by atoms with Gasteiger partial charge in [0.2, 0.25) is 5.91 Å². The molecule has 1 aliphatic rings. The zero-order valence-corrected chi connectivity index (χ0v) is 20.3. The zero-order valence-electron chi connectivity index (χ0n) is 19.5. The van der Waals surface area contributed by atoms with Crippen LogP contribution in [0.2, 0.25) is 0 Å². The van der Waals surface area contributed by atoms with Gasteiger partial charge < -0.3 is 5.32 Å². The minimum Gasteiger partial charge on any atom is -0.317 e. The number of nitrogens with one attached hydrogen (secondary N) is 1. The summed E-state index contributed by atoms with van der Waals surface area (Å²) in [6, 6.07) is 12.9. The van der Waals surface area contributed by atoms with Gasteiger partial charge >= 0.3 is 0 Å². The van der Waals surface area contributed by atoms with Crippen molar-refractivity contribution in [3.8, 4) is 6.07 Å². The Labute approximate surface area is 197 Å². The quantitative estimate of drug-likeness (QED) is 0.332. The minimum atomic E-state index is 0.0455. The van der Waals surface area contributed by atoms with Gasteiger partial charge in [0, 0.05) is 30.9 Å². The summed E-state index contributed by atoms with van der Waals surface area (Å²) in [7, 11) is 0. The van der Waals surface area contributed by atoms with Gasteiger partial charge in [0.15, 0.2) is 0 Å². The van der Waals surface area contributed by atoms with Crippen molar-refractivity contribution >= 4 is 22.2 Å². The highest BCUT2D eigenvalue weighted by Gasteiger charge is 2.25. The van der Waals surface area contributed by atoms with Gasteiger partial charge in [0.1, 0.15) is 11.1 Å². The van der Waals surface area contributed by atoms with Crippen LogP contribution in [0, 0.1) is 11.3 Å². The summed E-state index contributed by atoms with van der Waals surface area (Å²) in [5.41, 5.74) is 3.13. The molecular formula is C27H37N3OS. The number of hydrogen-bond acceptors (Lipinski definition) is 4. The van der Waals surface area contributed by atoms with Crippen molar-refractivity contribution in [2.24, 2.45) is 0 Å². The van der Waals surface area contributed by atoms with E-state index in [0.29, 0.717) is 12.0 Å². The fourth-order valence-corrected chi connectivity index (χ4v) is 5.68. The van der Waals surface area contributed by atoms with Crippen LogP contribution in [0.3, 0.4) is 0 Å². The molecule has 0 bridgehead atoms. The predicted octanol–water partition coefficient (Wildman–Crippen LogP) is 7.04. The number of nitrogens with zero attached hydrogens (tertiary/aromatic N) is 2. The van der Waals surface area contributed by atoms with Crippen LogP contribution >= 0.6 is 11.3 Å². The Kier molecular flexibility index (Phi) is 10.3. The molecule has 0 unspecified atom stereocenters. The molecule has 0 saturated heterocycles. The van der Waals surface area contributed by atoms with Gasteiger partial charge in [-0.15, -0.1) is 11.3 Å². The van der Waals surface area contributed by atoms with Gasteiger partial charge in [-0.3, -0.25) is 9.69 Å². The standard InChI is InChI=1S/C27H37N3OS/c1-2-3-4-5-6-7-8-9-13-16-26(31)29-27-24(19-28)23-17-18-30(21-25(23)32-27)20-22-14-11-10-12-15-22/h10-12,14-15H,2-9,13,16-18,20-21H2,1H3,(H,29,31). The molecule has 172 valence electrons. The zero-order chi connectivity index (χ0) is 22.6. The summed E-state index contributed by atoms with van der Waals surface area (Å²) in [5, 5.41) is 13.5. The Morgan fingerprint density at radius 3 is 2.44 bits per heavy atom. The Morgan fingerprint density at radius 1 is 1.06 bits per heavy atom. The monoisotopic (exact) mass is 451 g/mol. The van der Waals surface area contributed by atoms with Crippen LogP contribution in [-0.2, 0) is 24.3 Å². The smallest absolute Gasteiger partial charge is 0.225 e. The largest absolute Gasteiger partial charge is 0.317 e. The molecule has 1 aliphatic heterocycles. The summed E-state index contributed by atoms with van der Waals surface area (Å²) in [5.74, 6) is 0.0455. The summed E-state index contributed by atoms with van der Waals surface area (Å²) in [6.07, 6.45) is 12.6. The van der Waals surface area contributed by atoms with Gasteiger partial charge in [-0.05, 0) is 24.0 Å². The summed E-state index contributed by atoms with van der Waals surface area (Å²) in [6.45, 7) is 4.95. The van der Waals surface area contributed by atoms with E-state index >= 15 is 0 Å². The Balaban J connectivity index is 1.43. The van der Waals surface area contributed by atoms with Crippen molar-refractivity contribution in [2.45, 2.75) is 90.6 Å². The lowest BCUT2D eigenvalue weighted by atomic mass is 10.0. The number of nitriles is 1. The van der Waals surface area contributed by atoms with E-state index in [1.165, 1.54) is 55.4 Å². The predicted molar refractivity (Wildman–Crippen MR) is 134 cm³/mol. The number of carbonyl (C=O) groups excluding carboxylic acids is 1. The SMILES string of the molecule is CCCCCCCCCCCC(=O)Nc1sc2c(c1C#N)CCN(Cc1ccccc1)C2. The van der Waals surface area contributed by atoms with Crippen molar-refractivity contribution in [1.29, 1.82) is 5.26 Å².